The molecule has 2 rings (SSSR count). The summed E-state index contributed by atoms with van der Waals surface area (Å²) in [5.74, 6) is 0.990. The largest absolute Gasteiger partial charge is 0.495 e. The maximum Gasteiger partial charge on any atom is 0.244 e. The molecule has 1 N–H and O–H groups in total. The van der Waals surface area contributed by atoms with Gasteiger partial charge in [-0.3, -0.25) is 0 Å². The zero-order chi connectivity index (χ0) is 17.7. The van der Waals surface area contributed by atoms with Crippen molar-refractivity contribution in [2.75, 3.05) is 13.7 Å². The molecule has 7 heteroatoms. The molecular weight excluding hydrogens is 394 g/mol. The van der Waals surface area contributed by atoms with E-state index in [0.29, 0.717) is 10.2 Å². The Labute approximate surface area is 151 Å². The van der Waals surface area contributed by atoms with E-state index in [1.54, 1.807) is 19.1 Å². The molecule has 0 aliphatic heterocycles. The van der Waals surface area contributed by atoms with Crippen molar-refractivity contribution < 1.29 is 17.9 Å². The second kappa shape index (κ2) is 8.00. The summed E-state index contributed by atoms with van der Waals surface area (Å²) >= 11 is 3.28. The van der Waals surface area contributed by atoms with Gasteiger partial charge in [-0.05, 0) is 44.2 Å². The van der Waals surface area contributed by atoms with E-state index in [0.717, 1.165) is 5.56 Å². The van der Waals surface area contributed by atoms with Crippen molar-refractivity contribution in [3.05, 3.63) is 52.5 Å². The highest BCUT2D eigenvalue weighted by atomic mass is 79.9. The summed E-state index contributed by atoms with van der Waals surface area (Å²) < 4.78 is 39.1. The minimum atomic E-state index is -3.72. The van der Waals surface area contributed by atoms with Gasteiger partial charge < -0.3 is 9.47 Å². The predicted octanol–water partition coefficient (Wildman–Crippen LogP) is 3.51. The monoisotopic (exact) mass is 413 g/mol. The van der Waals surface area contributed by atoms with E-state index >= 15 is 0 Å². The average Bonchev–Trinajstić information content (AvgIpc) is 2.54. The molecule has 24 heavy (non-hydrogen) atoms. The third-order valence-corrected chi connectivity index (χ3v) is 5.40. The number of halogens is 1. The lowest BCUT2D eigenvalue weighted by molar-refractivity contribution is 0.287. The normalized spacial score (nSPS) is 12.7. The lowest BCUT2D eigenvalue weighted by atomic mass is 10.2. The number of hydrogen-bond acceptors (Lipinski definition) is 4. The van der Waals surface area contributed by atoms with E-state index in [1.165, 1.54) is 13.2 Å². The number of aryl methyl sites for hydroxylation is 1. The molecule has 0 aliphatic carbocycles. The highest BCUT2D eigenvalue weighted by Gasteiger charge is 2.22. The van der Waals surface area contributed by atoms with Gasteiger partial charge in [-0.2, -0.15) is 0 Å². The van der Waals surface area contributed by atoms with Crippen molar-refractivity contribution in [1.82, 2.24) is 4.72 Å². The first-order valence-electron chi connectivity index (χ1n) is 7.37. The number of rotatable bonds is 7. The molecule has 0 bridgehead atoms. The fourth-order valence-corrected chi connectivity index (χ4v) is 4.01. The van der Waals surface area contributed by atoms with E-state index in [1.807, 2.05) is 31.2 Å². The van der Waals surface area contributed by atoms with Gasteiger partial charge in [-0.1, -0.05) is 33.6 Å². The zero-order valence-corrected chi connectivity index (χ0v) is 16.1. The molecule has 0 saturated carbocycles. The number of methoxy groups -OCH3 is 1. The fraction of sp³-hybridized carbons (Fsp3) is 0.294. The number of hydrogen-bond donors (Lipinski definition) is 1. The van der Waals surface area contributed by atoms with Crippen molar-refractivity contribution in [3.8, 4) is 11.5 Å². The molecular formula is C17H20BrNO4S. The first-order chi connectivity index (χ1) is 11.3. The van der Waals surface area contributed by atoms with E-state index in [9.17, 15) is 8.42 Å². The fourth-order valence-electron chi connectivity index (χ4n) is 2.08. The van der Waals surface area contributed by atoms with Crippen LogP contribution in [0.1, 0.15) is 12.5 Å². The molecule has 2 aromatic carbocycles. The molecule has 130 valence electrons. The maximum atomic E-state index is 12.6. The number of sulfonamides is 1. The van der Waals surface area contributed by atoms with Gasteiger partial charge in [-0.25, -0.2) is 13.1 Å². The second-order valence-corrected chi connectivity index (χ2v) is 8.04. The van der Waals surface area contributed by atoms with Crippen LogP contribution < -0.4 is 14.2 Å². The molecule has 0 amide bonds. The van der Waals surface area contributed by atoms with E-state index in [2.05, 4.69) is 20.7 Å². The van der Waals surface area contributed by atoms with Crippen LogP contribution in [-0.2, 0) is 10.0 Å². The molecule has 0 saturated heterocycles. The summed E-state index contributed by atoms with van der Waals surface area (Å²) in [6.07, 6.45) is 0. The van der Waals surface area contributed by atoms with Gasteiger partial charge in [-0.15, -0.1) is 0 Å². The predicted molar refractivity (Wildman–Crippen MR) is 97.2 cm³/mol. The second-order valence-electron chi connectivity index (χ2n) is 5.44. The Kier molecular flexibility index (Phi) is 6.26. The molecule has 0 aliphatic rings. The van der Waals surface area contributed by atoms with Gasteiger partial charge in [0.05, 0.1) is 13.2 Å². The van der Waals surface area contributed by atoms with Crippen LogP contribution >= 0.6 is 15.9 Å². The standard InChI is InChI=1S/C17H20BrNO4S/c1-12-4-7-15(8-5-12)23-11-13(2)19-24(20,21)17-10-14(18)6-9-16(17)22-3/h4-10,13,19H,11H2,1-3H3. The lowest BCUT2D eigenvalue weighted by Gasteiger charge is -2.17. The summed E-state index contributed by atoms with van der Waals surface area (Å²) in [6, 6.07) is 12.0. The van der Waals surface area contributed by atoms with E-state index in [4.69, 9.17) is 9.47 Å². The summed E-state index contributed by atoms with van der Waals surface area (Å²) in [5.41, 5.74) is 1.14. The van der Waals surface area contributed by atoms with Gasteiger partial charge >= 0.3 is 0 Å². The molecule has 1 atom stereocenters. The Morgan fingerprint density at radius 1 is 1.17 bits per heavy atom. The Balaban J connectivity index is 2.05. The highest BCUT2D eigenvalue weighted by molar-refractivity contribution is 9.10. The number of ether oxygens (including phenoxy) is 2. The van der Waals surface area contributed by atoms with Crippen LogP contribution in [0.15, 0.2) is 51.8 Å². The summed E-state index contributed by atoms with van der Waals surface area (Å²) in [4.78, 5) is 0.0848. The van der Waals surface area contributed by atoms with Crippen molar-refractivity contribution >= 4 is 26.0 Å². The Hall–Kier alpha value is -1.57. The summed E-state index contributed by atoms with van der Waals surface area (Å²) in [7, 11) is -2.28. The molecule has 0 aromatic heterocycles. The summed E-state index contributed by atoms with van der Waals surface area (Å²) in [5, 5.41) is 0. The molecule has 0 fully saturated rings. The minimum absolute atomic E-state index is 0.0848. The highest BCUT2D eigenvalue weighted by Crippen LogP contribution is 2.27. The molecule has 0 heterocycles. The maximum absolute atomic E-state index is 12.6. The molecule has 1 unspecified atom stereocenters. The lowest BCUT2D eigenvalue weighted by Crippen LogP contribution is -2.36. The van der Waals surface area contributed by atoms with Crippen LogP contribution in [0.3, 0.4) is 0 Å². The topological polar surface area (TPSA) is 64.6 Å². The summed E-state index contributed by atoms with van der Waals surface area (Å²) in [6.45, 7) is 3.96. The Morgan fingerprint density at radius 3 is 2.46 bits per heavy atom. The van der Waals surface area contributed by atoms with E-state index in [-0.39, 0.29) is 17.3 Å². The molecule has 0 spiro atoms. The third kappa shape index (κ3) is 4.96. The quantitative estimate of drug-likeness (QED) is 0.753. The van der Waals surface area contributed by atoms with Crippen LogP contribution in [0.4, 0.5) is 0 Å². The van der Waals surface area contributed by atoms with Crippen LogP contribution in [0.5, 0.6) is 11.5 Å². The van der Waals surface area contributed by atoms with Gasteiger partial charge in [0.2, 0.25) is 10.0 Å². The SMILES string of the molecule is COc1ccc(Br)cc1S(=O)(=O)NC(C)COc1ccc(C)cc1. The van der Waals surface area contributed by atoms with E-state index < -0.39 is 16.1 Å². The molecule has 5 nitrogen and oxygen atoms in total. The van der Waals surface area contributed by atoms with Crippen molar-refractivity contribution in [2.45, 2.75) is 24.8 Å². The number of nitrogens with one attached hydrogen (secondary N) is 1. The van der Waals surface area contributed by atoms with Crippen molar-refractivity contribution in [1.29, 1.82) is 0 Å². The average molecular weight is 414 g/mol. The minimum Gasteiger partial charge on any atom is -0.495 e. The van der Waals surface area contributed by atoms with Crippen LogP contribution in [0.2, 0.25) is 0 Å². The van der Waals surface area contributed by atoms with Gasteiger partial charge in [0.1, 0.15) is 23.0 Å². The Morgan fingerprint density at radius 2 is 1.83 bits per heavy atom. The van der Waals surface area contributed by atoms with Crippen molar-refractivity contribution in [2.24, 2.45) is 0 Å². The van der Waals surface area contributed by atoms with Gasteiger partial charge in [0.15, 0.2) is 0 Å². The zero-order valence-electron chi connectivity index (χ0n) is 13.7. The first kappa shape index (κ1) is 18.8. The molecule has 0 radical (unpaired) electrons. The smallest absolute Gasteiger partial charge is 0.244 e. The number of benzene rings is 2. The Bertz CT molecular complexity index is 791. The van der Waals surface area contributed by atoms with Crippen LogP contribution in [0, 0.1) is 6.92 Å². The van der Waals surface area contributed by atoms with Gasteiger partial charge in [0.25, 0.3) is 0 Å². The van der Waals surface area contributed by atoms with Crippen molar-refractivity contribution in [3.63, 3.8) is 0 Å². The van der Waals surface area contributed by atoms with Gasteiger partial charge in [0, 0.05) is 4.47 Å². The molecule has 2 aromatic rings. The first-order valence-corrected chi connectivity index (χ1v) is 9.65. The van der Waals surface area contributed by atoms with Crippen LogP contribution in [0.25, 0.3) is 0 Å². The van der Waals surface area contributed by atoms with Crippen LogP contribution in [-0.4, -0.2) is 28.2 Å². The third-order valence-electron chi connectivity index (χ3n) is 3.29.